The quantitative estimate of drug-likeness (QED) is 0.923. The van der Waals surface area contributed by atoms with Crippen LogP contribution in [0.3, 0.4) is 0 Å². The molecule has 0 spiro atoms. The first-order chi connectivity index (χ1) is 10.6. The molecule has 2 aromatic rings. The second kappa shape index (κ2) is 5.93. The molecule has 2 N–H and O–H groups in total. The van der Waals surface area contributed by atoms with Gasteiger partial charge in [0.05, 0.1) is 6.04 Å². The Bertz CT molecular complexity index is 691. The van der Waals surface area contributed by atoms with Gasteiger partial charge in [-0.15, -0.1) is 0 Å². The summed E-state index contributed by atoms with van der Waals surface area (Å²) in [7, 11) is 1.85. The van der Waals surface area contributed by atoms with E-state index < -0.39 is 0 Å². The third-order valence-corrected chi connectivity index (χ3v) is 4.47. The van der Waals surface area contributed by atoms with Crippen LogP contribution in [0.1, 0.15) is 41.1 Å². The fourth-order valence-electron chi connectivity index (χ4n) is 3.02. The predicted molar refractivity (Wildman–Crippen MR) is 90.0 cm³/mol. The first kappa shape index (κ1) is 14.8. The molecular formula is C19H22N2O. The molecule has 2 aromatic carbocycles. The standard InChI is InChI=1S/C19H22N2O/c1-13-6-8-14(9-7-13)19(20)16-10-11-17-15(12-16)4-3-5-18(22)21(17)2/h6-12,19H,3-5,20H2,1-2H3. The minimum atomic E-state index is -0.129. The smallest absolute Gasteiger partial charge is 0.226 e. The lowest BCUT2D eigenvalue weighted by molar-refractivity contribution is -0.118. The van der Waals surface area contributed by atoms with Gasteiger partial charge < -0.3 is 10.6 Å². The molecule has 0 aliphatic carbocycles. The summed E-state index contributed by atoms with van der Waals surface area (Å²) in [5, 5.41) is 0. The van der Waals surface area contributed by atoms with Gasteiger partial charge in [-0.3, -0.25) is 4.79 Å². The highest BCUT2D eigenvalue weighted by molar-refractivity contribution is 5.94. The van der Waals surface area contributed by atoms with E-state index in [4.69, 9.17) is 5.73 Å². The van der Waals surface area contributed by atoms with E-state index in [2.05, 4.69) is 37.3 Å². The van der Waals surface area contributed by atoms with Gasteiger partial charge in [0.25, 0.3) is 0 Å². The normalized spacial score (nSPS) is 16.1. The molecule has 0 fully saturated rings. The van der Waals surface area contributed by atoms with Gasteiger partial charge in [-0.1, -0.05) is 42.0 Å². The monoisotopic (exact) mass is 294 g/mol. The van der Waals surface area contributed by atoms with Crippen molar-refractivity contribution in [2.45, 2.75) is 32.2 Å². The molecule has 3 heteroatoms. The molecule has 114 valence electrons. The highest BCUT2D eigenvalue weighted by Crippen LogP contribution is 2.30. The molecule has 22 heavy (non-hydrogen) atoms. The van der Waals surface area contributed by atoms with Crippen molar-refractivity contribution in [1.82, 2.24) is 0 Å². The van der Waals surface area contributed by atoms with Gasteiger partial charge in [0, 0.05) is 19.2 Å². The van der Waals surface area contributed by atoms with Crippen LogP contribution in [-0.2, 0) is 11.2 Å². The van der Waals surface area contributed by atoms with E-state index in [0.717, 1.165) is 29.7 Å². The number of hydrogen-bond acceptors (Lipinski definition) is 2. The number of aryl methyl sites for hydroxylation is 2. The van der Waals surface area contributed by atoms with Gasteiger partial charge in [-0.25, -0.2) is 0 Å². The Labute approximate surface area is 131 Å². The molecule has 0 saturated heterocycles. The zero-order valence-corrected chi connectivity index (χ0v) is 13.2. The molecule has 0 radical (unpaired) electrons. The Morgan fingerprint density at radius 1 is 1.05 bits per heavy atom. The summed E-state index contributed by atoms with van der Waals surface area (Å²) in [5.74, 6) is 0.189. The van der Waals surface area contributed by atoms with Crippen molar-refractivity contribution in [1.29, 1.82) is 0 Å². The number of benzene rings is 2. The SMILES string of the molecule is Cc1ccc(C(N)c2ccc3c(c2)CCCC(=O)N3C)cc1. The van der Waals surface area contributed by atoms with Crippen LogP contribution < -0.4 is 10.6 Å². The van der Waals surface area contributed by atoms with Crippen molar-refractivity contribution in [3.05, 3.63) is 64.7 Å². The van der Waals surface area contributed by atoms with Crippen LogP contribution in [0.15, 0.2) is 42.5 Å². The van der Waals surface area contributed by atoms with Gasteiger partial charge in [-0.05, 0) is 42.5 Å². The average Bonchev–Trinajstić information content (AvgIpc) is 2.67. The summed E-state index contributed by atoms with van der Waals surface area (Å²) in [6.07, 6.45) is 2.45. The van der Waals surface area contributed by atoms with E-state index in [-0.39, 0.29) is 11.9 Å². The lowest BCUT2D eigenvalue weighted by atomic mass is 9.95. The van der Waals surface area contributed by atoms with Crippen LogP contribution in [0.2, 0.25) is 0 Å². The molecule has 3 nitrogen and oxygen atoms in total. The topological polar surface area (TPSA) is 46.3 Å². The van der Waals surface area contributed by atoms with Crippen LogP contribution in [0, 0.1) is 6.92 Å². The van der Waals surface area contributed by atoms with Gasteiger partial charge in [0.15, 0.2) is 0 Å². The second-order valence-corrected chi connectivity index (χ2v) is 6.08. The van der Waals surface area contributed by atoms with Gasteiger partial charge in [0.1, 0.15) is 0 Å². The summed E-state index contributed by atoms with van der Waals surface area (Å²) >= 11 is 0. The van der Waals surface area contributed by atoms with E-state index in [1.165, 1.54) is 11.1 Å². The molecule has 0 saturated carbocycles. The van der Waals surface area contributed by atoms with Crippen molar-refractivity contribution in [3.63, 3.8) is 0 Å². The van der Waals surface area contributed by atoms with Crippen molar-refractivity contribution < 1.29 is 4.79 Å². The van der Waals surface area contributed by atoms with Crippen LogP contribution >= 0.6 is 0 Å². The summed E-state index contributed by atoms with van der Waals surface area (Å²) in [6, 6.07) is 14.4. The summed E-state index contributed by atoms with van der Waals surface area (Å²) in [5.41, 5.74) is 12.1. The van der Waals surface area contributed by atoms with Gasteiger partial charge >= 0.3 is 0 Å². The van der Waals surface area contributed by atoms with Crippen molar-refractivity contribution >= 4 is 11.6 Å². The van der Waals surface area contributed by atoms with E-state index in [1.807, 2.05) is 19.2 Å². The maximum Gasteiger partial charge on any atom is 0.226 e. The first-order valence-electron chi connectivity index (χ1n) is 7.78. The Morgan fingerprint density at radius 3 is 2.45 bits per heavy atom. The molecule has 1 amide bonds. The number of amides is 1. The number of nitrogens with zero attached hydrogens (tertiary/aromatic N) is 1. The maximum atomic E-state index is 12.0. The number of nitrogens with two attached hydrogens (primary N) is 1. The predicted octanol–water partition coefficient (Wildman–Crippen LogP) is 3.34. The summed E-state index contributed by atoms with van der Waals surface area (Å²) in [4.78, 5) is 13.7. The highest BCUT2D eigenvalue weighted by atomic mass is 16.2. The minimum Gasteiger partial charge on any atom is -0.320 e. The Morgan fingerprint density at radius 2 is 1.73 bits per heavy atom. The fourth-order valence-corrected chi connectivity index (χ4v) is 3.02. The molecule has 1 atom stereocenters. The molecule has 1 aliphatic rings. The number of carbonyl (C=O) groups excluding carboxylic acids is 1. The number of carbonyl (C=O) groups is 1. The molecule has 3 rings (SSSR count). The molecule has 0 bridgehead atoms. The van der Waals surface area contributed by atoms with Crippen molar-refractivity contribution in [2.75, 3.05) is 11.9 Å². The third kappa shape index (κ3) is 2.77. The Balaban J connectivity index is 1.94. The molecular weight excluding hydrogens is 272 g/mol. The van der Waals surface area contributed by atoms with Crippen molar-refractivity contribution in [3.8, 4) is 0 Å². The lowest BCUT2D eigenvalue weighted by Crippen LogP contribution is -2.25. The highest BCUT2D eigenvalue weighted by Gasteiger charge is 2.20. The largest absolute Gasteiger partial charge is 0.320 e. The van der Waals surface area contributed by atoms with E-state index in [1.54, 1.807) is 4.90 Å². The average molecular weight is 294 g/mol. The first-order valence-corrected chi connectivity index (χ1v) is 7.78. The van der Waals surface area contributed by atoms with Gasteiger partial charge in [0.2, 0.25) is 5.91 Å². The zero-order chi connectivity index (χ0) is 15.7. The number of hydrogen-bond donors (Lipinski definition) is 1. The fraction of sp³-hybridized carbons (Fsp3) is 0.316. The molecule has 0 aromatic heterocycles. The maximum absolute atomic E-state index is 12.0. The summed E-state index contributed by atoms with van der Waals surface area (Å²) in [6.45, 7) is 2.07. The Kier molecular flexibility index (Phi) is 3.99. The van der Waals surface area contributed by atoms with E-state index in [0.29, 0.717) is 6.42 Å². The molecule has 1 heterocycles. The number of fused-ring (bicyclic) bond motifs is 1. The lowest BCUT2D eigenvalue weighted by Gasteiger charge is -2.20. The van der Waals surface area contributed by atoms with Gasteiger partial charge in [-0.2, -0.15) is 0 Å². The molecule has 1 unspecified atom stereocenters. The van der Waals surface area contributed by atoms with Crippen molar-refractivity contribution in [2.24, 2.45) is 5.73 Å². The third-order valence-electron chi connectivity index (χ3n) is 4.47. The van der Waals surface area contributed by atoms with Crippen LogP contribution in [0.5, 0.6) is 0 Å². The van der Waals surface area contributed by atoms with Crippen LogP contribution in [0.25, 0.3) is 0 Å². The minimum absolute atomic E-state index is 0.129. The van der Waals surface area contributed by atoms with Crippen LogP contribution in [0.4, 0.5) is 5.69 Å². The summed E-state index contributed by atoms with van der Waals surface area (Å²) < 4.78 is 0. The van der Waals surface area contributed by atoms with Crippen LogP contribution in [-0.4, -0.2) is 13.0 Å². The second-order valence-electron chi connectivity index (χ2n) is 6.08. The number of rotatable bonds is 2. The zero-order valence-electron chi connectivity index (χ0n) is 13.2. The van der Waals surface area contributed by atoms with E-state index >= 15 is 0 Å². The number of anilines is 1. The Hall–Kier alpha value is -2.13. The van der Waals surface area contributed by atoms with E-state index in [9.17, 15) is 4.79 Å². The molecule has 1 aliphatic heterocycles.